The minimum atomic E-state index is 0.395. The molecule has 1 aliphatic heterocycles. The lowest BCUT2D eigenvalue weighted by molar-refractivity contribution is 0.254. The lowest BCUT2D eigenvalue weighted by Gasteiger charge is -2.37. The summed E-state index contributed by atoms with van der Waals surface area (Å²) in [4.78, 5) is 8.35. The Labute approximate surface area is 118 Å². The Morgan fingerprint density at radius 2 is 2.33 bits per heavy atom. The van der Waals surface area contributed by atoms with Gasteiger partial charge in [-0.05, 0) is 20.3 Å². The molecule has 1 aliphatic rings. The van der Waals surface area contributed by atoms with E-state index in [0.717, 1.165) is 24.6 Å². The van der Waals surface area contributed by atoms with E-state index in [0.29, 0.717) is 4.75 Å². The Morgan fingerprint density at radius 1 is 1.50 bits per heavy atom. The molecule has 0 atom stereocenters. The van der Waals surface area contributed by atoms with Crippen LogP contribution in [0.4, 0.5) is 5.13 Å². The fraction of sp³-hybridized carbons (Fsp3) is 0.769. The van der Waals surface area contributed by atoms with Crippen molar-refractivity contribution in [1.29, 1.82) is 0 Å². The number of nitrogens with zero attached hydrogens (tertiary/aromatic N) is 2. The highest BCUT2D eigenvalue weighted by atomic mass is 32.2. The first kappa shape index (κ1) is 14.2. The smallest absolute Gasteiger partial charge is 0.182 e. The van der Waals surface area contributed by atoms with Crippen LogP contribution in [0, 0.1) is 0 Å². The first-order chi connectivity index (χ1) is 8.59. The number of thioether (sulfide) groups is 1. The predicted molar refractivity (Wildman–Crippen MR) is 82.7 cm³/mol. The van der Waals surface area contributed by atoms with Crippen LogP contribution in [-0.4, -0.2) is 40.0 Å². The minimum Gasteiger partial charge on any atom is -0.362 e. The van der Waals surface area contributed by atoms with E-state index in [1.165, 1.54) is 23.7 Å². The van der Waals surface area contributed by atoms with E-state index in [1.54, 1.807) is 11.3 Å². The molecule has 1 aromatic heterocycles. The molecule has 1 N–H and O–H groups in total. The van der Waals surface area contributed by atoms with Crippen LogP contribution in [0.1, 0.15) is 32.1 Å². The van der Waals surface area contributed by atoms with E-state index >= 15 is 0 Å². The van der Waals surface area contributed by atoms with E-state index in [9.17, 15) is 0 Å². The zero-order valence-electron chi connectivity index (χ0n) is 11.5. The third-order valence-corrected chi connectivity index (χ3v) is 5.20. The number of hydrogen-bond donors (Lipinski definition) is 1. The summed E-state index contributed by atoms with van der Waals surface area (Å²) in [5, 5.41) is 4.42. The van der Waals surface area contributed by atoms with Gasteiger partial charge in [-0.1, -0.05) is 6.92 Å². The van der Waals surface area contributed by atoms with Crippen LogP contribution in [0.15, 0.2) is 6.20 Å². The molecule has 0 radical (unpaired) electrons. The summed E-state index contributed by atoms with van der Waals surface area (Å²) in [5.74, 6) is 1.24. The van der Waals surface area contributed by atoms with Gasteiger partial charge in [-0.3, -0.25) is 4.90 Å². The van der Waals surface area contributed by atoms with E-state index in [4.69, 9.17) is 0 Å². The van der Waals surface area contributed by atoms with Crippen LogP contribution in [0.25, 0.3) is 0 Å². The quantitative estimate of drug-likeness (QED) is 0.898. The Bertz CT molecular complexity index is 376. The molecule has 3 nitrogen and oxygen atoms in total. The third-order valence-electron chi connectivity index (χ3n) is 2.96. The van der Waals surface area contributed by atoms with E-state index < -0.39 is 0 Å². The monoisotopic (exact) mass is 285 g/mol. The van der Waals surface area contributed by atoms with Gasteiger partial charge < -0.3 is 5.32 Å². The number of nitrogens with one attached hydrogen (secondary N) is 1. The SMILES string of the molecule is CCCNc1ncc(CN2CCSC(C)(C)C2)s1. The summed E-state index contributed by atoms with van der Waals surface area (Å²) in [6, 6.07) is 0. The van der Waals surface area contributed by atoms with Gasteiger partial charge in [0.1, 0.15) is 0 Å². The molecule has 0 aromatic carbocycles. The van der Waals surface area contributed by atoms with Crippen molar-refractivity contribution < 1.29 is 0 Å². The van der Waals surface area contributed by atoms with Crippen molar-refractivity contribution in [3.05, 3.63) is 11.1 Å². The maximum atomic E-state index is 4.43. The van der Waals surface area contributed by atoms with Crippen molar-refractivity contribution in [3.8, 4) is 0 Å². The van der Waals surface area contributed by atoms with Gasteiger partial charge in [0.2, 0.25) is 0 Å². The largest absolute Gasteiger partial charge is 0.362 e. The Kier molecular flexibility index (Phi) is 4.92. The fourth-order valence-corrected chi connectivity index (χ4v) is 4.22. The standard InChI is InChI=1S/C13H23N3S2/c1-4-5-14-12-15-8-11(18-12)9-16-6-7-17-13(2,3)10-16/h8H,4-7,9-10H2,1-3H3,(H,14,15). The molecule has 0 amide bonds. The number of aromatic nitrogens is 1. The summed E-state index contributed by atoms with van der Waals surface area (Å²) >= 11 is 3.88. The number of rotatable bonds is 5. The van der Waals surface area contributed by atoms with Gasteiger partial charge in [0.15, 0.2) is 5.13 Å². The van der Waals surface area contributed by atoms with Crippen LogP contribution in [0.5, 0.6) is 0 Å². The Morgan fingerprint density at radius 3 is 3.06 bits per heavy atom. The van der Waals surface area contributed by atoms with Crippen molar-refractivity contribution in [2.24, 2.45) is 0 Å². The molecule has 0 unspecified atom stereocenters. The zero-order valence-corrected chi connectivity index (χ0v) is 13.2. The summed E-state index contributed by atoms with van der Waals surface area (Å²) < 4.78 is 0.395. The summed E-state index contributed by atoms with van der Waals surface area (Å²) in [5.41, 5.74) is 0. The molecule has 2 rings (SSSR count). The highest BCUT2D eigenvalue weighted by Crippen LogP contribution is 2.31. The molecule has 1 fully saturated rings. The molecule has 1 aromatic rings. The molecule has 0 aliphatic carbocycles. The van der Waals surface area contributed by atoms with Gasteiger partial charge in [0.25, 0.3) is 0 Å². The van der Waals surface area contributed by atoms with Crippen molar-refractivity contribution >= 4 is 28.2 Å². The third kappa shape index (κ3) is 4.14. The van der Waals surface area contributed by atoms with Gasteiger partial charge in [-0.2, -0.15) is 11.8 Å². The van der Waals surface area contributed by atoms with Crippen LogP contribution in [0.2, 0.25) is 0 Å². The molecule has 0 saturated carbocycles. The molecule has 102 valence electrons. The maximum absolute atomic E-state index is 4.43. The van der Waals surface area contributed by atoms with Gasteiger partial charge in [-0.25, -0.2) is 4.98 Å². The molecule has 5 heteroatoms. The lowest BCUT2D eigenvalue weighted by atomic mass is 10.2. The van der Waals surface area contributed by atoms with Crippen molar-refractivity contribution in [1.82, 2.24) is 9.88 Å². The summed E-state index contributed by atoms with van der Waals surface area (Å²) in [6.07, 6.45) is 3.17. The highest BCUT2D eigenvalue weighted by Gasteiger charge is 2.27. The molecular formula is C13H23N3S2. The summed E-state index contributed by atoms with van der Waals surface area (Å²) in [6.45, 7) is 11.3. The van der Waals surface area contributed by atoms with Crippen molar-refractivity contribution in [2.45, 2.75) is 38.5 Å². The van der Waals surface area contributed by atoms with Crippen LogP contribution in [0.3, 0.4) is 0 Å². The topological polar surface area (TPSA) is 28.2 Å². The first-order valence-corrected chi connectivity index (χ1v) is 8.44. The Hall–Kier alpha value is -0.260. The first-order valence-electron chi connectivity index (χ1n) is 6.64. The van der Waals surface area contributed by atoms with Crippen molar-refractivity contribution in [2.75, 3.05) is 30.7 Å². The van der Waals surface area contributed by atoms with Gasteiger partial charge >= 0.3 is 0 Å². The second-order valence-corrected chi connectivity index (χ2v) is 8.29. The molecule has 0 spiro atoms. The van der Waals surface area contributed by atoms with E-state index in [1.807, 2.05) is 6.20 Å². The highest BCUT2D eigenvalue weighted by molar-refractivity contribution is 8.00. The lowest BCUT2D eigenvalue weighted by Crippen LogP contribution is -2.42. The normalized spacial score (nSPS) is 19.9. The van der Waals surface area contributed by atoms with Crippen LogP contribution >= 0.6 is 23.1 Å². The predicted octanol–water partition coefficient (Wildman–Crippen LogP) is 3.29. The van der Waals surface area contributed by atoms with E-state index in [-0.39, 0.29) is 0 Å². The van der Waals surface area contributed by atoms with Crippen molar-refractivity contribution in [3.63, 3.8) is 0 Å². The molecule has 2 heterocycles. The van der Waals surface area contributed by atoms with Crippen LogP contribution < -0.4 is 5.32 Å². The zero-order chi connectivity index (χ0) is 13.0. The van der Waals surface area contributed by atoms with Gasteiger partial charge in [-0.15, -0.1) is 11.3 Å². The Balaban J connectivity index is 1.87. The minimum absolute atomic E-state index is 0.395. The molecule has 18 heavy (non-hydrogen) atoms. The second kappa shape index (κ2) is 6.26. The van der Waals surface area contributed by atoms with E-state index in [2.05, 4.69) is 47.7 Å². The average molecular weight is 285 g/mol. The summed E-state index contributed by atoms with van der Waals surface area (Å²) in [7, 11) is 0. The fourth-order valence-electron chi connectivity index (χ4n) is 2.16. The molecular weight excluding hydrogens is 262 g/mol. The number of anilines is 1. The average Bonchev–Trinajstić information content (AvgIpc) is 2.73. The number of hydrogen-bond acceptors (Lipinski definition) is 5. The molecule has 1 saturated heterocycles. The van der Waals surface area contributed by atoms with Crippen LogP contribution in [-0.2, 0) is 6.54 Å². The number of thiazole rings is 1. The molecule has 0 bridgehead atoms. The van der Waals surface area contributed by atoms with Gasteiger partial charge in [0.05, 0.1) is 0 Å². The second-order valence-electron chi connectivity index (χ2n) is 5.38. The maximum Gasteiger partial charge on any atom is 0.182 e. The van der Waals surface area contributed by atoms with Gasteiger partial charge in [0, 0.05) is 47.8 Å².